The highest BCUT2D eigenvalue weighted by atomic mass is 32.2. The molecule has 0 unspecified atom stereocenters. The maximum Gasteiger partial charge on any atom is 0.338 e. The van der Waals surface area contributed by atoms with E-state index in [1.165, 1.54) is 11.8 Å². The van der Waals surface area contributed by atoms with Crippen molar-refractivity contribution in [3.8, 4) is 0 Å². The van der Waals surface area contributed by atoms with Gasteiger partial charge in [0, 0.05) is 12.2 Å². The topological polar surface area (TPSA) is 71.0 Å². The van der Waals surface area contributed by atoms with Gasteiger partial charge in [0.15, 0.2) is 5.17 Å². The van der Waals surface area contributed by atoms with Gasteiger partial charge in [-0.1, -0.05) is 49.4 Å². The number of amides is 1. The molecule has 1 atom stereocenters. The molecule has 2 aliphatic heterocycles. The Morgan fingerprint density at radius 1 is 1.19 bits per heavy atom. The Kier molecular flexibility index (Phi) is 7.49. The third-order valence-electron chi connectivity index (χ3n) is 5.33. The maximum atomic E-state index is 13.2. The van der Waals surface area contributed by atoms with Crippen molar-refractivity contribution in [1.82, 2.24) is 10.2 Å². The van der Waals surface area contributed by atoms with Crippen molar-refractivity contribution >= 4 is 28.8 Å². The number of aliphatic imine (C=N–C) groups is 1. The van der Waals surface area contributed by atoms with Gasteiger partial charge >= 0.3 is 5.97 Å². The quantitative estimate of drug-likeness (QED) is 0.587. The molecule has 1 N–H and O–H groups in total. The number of carbonyl (C=O) groups is 2. The highest BCUT2D eigenvalue weighted by Gasteiger charge is 2.41. The van der Waals surface area contributed by atoms with Crippen molar-refractivity contribution in [2.45, 2.75) is 67.0 Å². The minimum absolute atomic E-state index is 0.0382. The maximum absolute atomic E-state index is 13.2. The summed E-state index contributed by atoms with van der Waals surface area (Å²) in [7, 11) is 0. The molecule has 0 fully saturated rings. The Hall–Kier alpha value is -2.54. The molecule has 2 heterocycles. The SMILES string of the molecule is CC1=C(C(=O)OC(C)C)[C@@H](c2ccc(C)cc2C)N2C(CC(=O)NCC(C)C)=CSC2=N1. The average Bonchev–Trinajstić information content (AvgIpc) is 3.07. The zero-order valence-corrected chi connectivity index (χ0v) is 20.8. The number of carbonyl (C=O) groups excluding carboxylic acids is 2. The Morgan fingerprint density at radius 2 is 1.91 bits per heavy atom. The van der Waals surface area contributed by atoms with Gasteiger partial charge in [-0.2, -0.15) is 0 Å². The number of hydrogen-bond acceptors (Lipinski definition) is 6. The van der Waals surface area contributed by atoms with Crippen LogP contribution in [0.4, 0.5) is 0 Å². The van der Waals surface area contributed by atoms with E-state index < -0.39 is 6.04 Å². The second kappa shape index (κ2) is 9.94. The molecular weight excluding hydrogens is 422 g/mol. The van der Waals surface area contributed by atoms with E-state index >= 15 is 0 Å². The summed E-state index contributed by atoms with van der Waals surface area (Å²) >= 11 is 1.49. The van der Waals surface area contributed by atoms with Crippen molar-refractivity contribution in [3.63, 3.8) is 0 Å². The first-order chi connectivity index (χ1) is 15.1. The number of allylic oxidation sites excluding steroid dienone is 1. The zero-order valence-electron chi connectivity index (χ0n) is 20.0. The van der Waals surface area contributed by atoms with Crippen molar-refractivity contribution in [2.75, 3.05) is 6.54 Å². The van der Waals surface area contributed by atoms with Crippen molar-refractivity contribution in [2.24, 2.45) is 10.9 Å². The molecule has 0 saturated heterocycles. The van der Waals surface area contributed by atoms with E-state index in [2.05, 4.69) is 51.2 Å². The highest BCUT2D eigenvalue weighted by molar-refractivity contribution is 8.16. The number of fused-ring (bicyclic) bond motifs is 1. The van der Waals surface area contributed by atoms with Crippen LogP contribution < -0.4 is 5.32 Å². The van der Waals surface area contributed by atoms with E-state index in [1.54, 1.807) is 0 Å². The lowest BCUT2D eigenvalue weighted by molar-refractivity contribution is -0.143. The molecule has 0 spiro atoms. The van der Waals surface area contributed by atoms with E-state index in [0.717, 1.165) is 27.6 Å². The number of amidine groups is 1. The molecule has 1 aromatic carbocycles. The number of thioether (sulfide) groups is 1. The smallest absolute Gasteiger partial charge is 0.338 e. The van der Waals surface area contributed by atoms with Gasteiger partial charge in [0.2, 0.25) is 5.91 Å². The van der Waals surface area contributed by atoms with E-state index in [4.69, 9.17) is 9.73 Å². The molecule has 1 amide bonds. The summed E-state index contributed by atoms with van der Waals surface area (Å²) in [6, 6.07) is 5.83. The molecule has 3 rings (SSSR count). The third kappa shape index (κ3) is 5.26. The van der Waals surface area contributed by atoms with Gasteiger partial charge in [0.1, 0.15) is 0 Å². The fraction of sp³-hybridized carbons (Fsp3) is 0.480. The van der Waals surface area contributed by atoms with Crippen LogP contribution in [0.2, 0.25) is 0 Å². The lowest BCUT2D eigenvalue weighted by Gasteiger charge is -2.37. The van der Waals surface area contributed by atoms with Crippen LogP contribution in [0.3, 0.4) is 0 Å². The Balaban J connectivity index is 2.03. The summed E-state index contributed by atoms with van der Waals surface area (Å²) in [6.07, 6.45) is -0.0103. The molecule has 1 aromatic rings. The number of hydrogen-bond donors (Lipinski definition) is 1. The average molecular weight is 456 g/mol. The van der Waals surface area contributed by atoms with Gasteiger partial charge in [0.05, 0.1) is 29.8 Å². The van der Waals surface area contributed by atoms with Crippen LogP contribution in [0.5, 0.6) is 0 Å². The standard InChI is InChI=1S/C25H33N3O3S/c1-14(2)12-26-21(29)11-19-13-32-25-27-18(7)22(24(30)31-15(3)4)23(28(19)25)20-9-8-16(5)10-17(20)6/h8-10,13-15,23H,11-12H2,1-7H3,(H,26,29)/t23-/m1/s1. The number of benzene rings is 1. The number of ether oxygens (including phenoxy) is 1. The van der Waals surface area contributed by atoms with Crippen LogP contribution in [0.15, 0.2) is 45.6 Å². The number of aryl methyl sites for hydroxylation is 2. The number of esters is 1. The third-order valence-corrected chi connectivity index (χ3v) is 6.22. The highest BCUT2D eigenvalue weighted by Crippen LogP contribution is 2.45. The van der Waals surface area contributed by atoms with E-state index in [9.17, 15) is 9.59 Å². The molecular formula is C25H33N3O3S. The monoisotopic (exact) mass is 455 g/mol. The van der Waals surface area contributed by atoms with Crippen LogP contribution in [0.25, 0.3) is 0 Å². The second-order valence-electron chi connectivity index (χ2n) is 9.08. The first kappa shape index (κ1) is 24.1. The Bertz CT molecular complexity index is 1010. The molecule has 6 nitrogen and oxygen atoms in total. The van der Waals surface area contributed by atoms with Gasteiger partial charge in [-0.25, -0.2) is 9.79 Å². The van der Waals surface area contributed by atoms with Gasteiger partial charge in [-0.3, -0.25) is 4.79 Å². The normalized spacial score (nSPS) is 18.0. The summed E-state index contributed by atoms with van der Waals surface area (Å²) in [5.74, 6) is -0.0292. The molecule has 172 valence electrons. The number of nitrogens with one attached hydrogen (secondary N) is 1. The van der Waals surface area contributed by atoms with Crippen molar-refractivity contribution < 1.29 is 14.3 Å². The zero-order chi connectivity index (χ0) is 23.6. The lowest BCUT2D eigenvalue weighted by Crippen LogP contribution is -2.39. The van der Waals surface area contributed by atoms with E-state index in [-0.39, 0.29) is 24.4 Å². The Labute approximate surface area is 195 Å². The summed E-state index contributed by atoms with van der Waals surface area (Å²) in [5, 5.41) is 5.73. The van der Waals surface area contributed by atoms with Crippen LogP contribution >= 0.6 is 11.8 Å². The predicted molar refractivity (Wildman–Crippen MR) is 130 cm³/mol. The van der Waals surface area contributed by atoms with Gasteiger partial charge in [-0.05, 0) is 57.1 Å². The van der Waals surface area contributed by atoms with Crippen molar-refractivity contribution in [1.29, 1.82) is 0 Å². The Morgan fingerprint density at radius 3 is 2.53 bits per heavy atom. The summed E-state index contributed by atoms with van der Waals surface area (Å²) in [4.78, 5) is 32.6. The fourth-order valence-electron chi connectivity index (χ4n) is 3.88. The second-order valence-corrected chi connectivity index (χ2v) is 9.92. The molecule has 0 bridgehead atoms. The molecule has 0 aromatic heterocycles. The van der Waals surface area contributed by atoms with E-state index in [1.807, 2.05) is 31.1 Å². The predicted octanol–water partition coefficient (Wildman–Crippen LogP) is 4.99. The van der Waals surface area contributed by atoms with Gasteiger partial charge in [0.25, 0.3) is 0 Å². The first-order valence-corrected chi connectivity index (χ1v) is 12.0. The molecule has 0 radical (unpaired) electrons. The van der Waals surface area contributed by atoms with Crippen LogP contribution in [0.1, 0.15) is 63.8 Å². The molecule has 2 aliphatic rings. The molecule has 0 saturated carbocycles. The minimum Gasteiger partial charge on any atom is -0.459 e. The minimum atomic E-state index is -0.395. The largest absolute Gasteiger partial charge is 0.459 e. The lowest BCUT2D eigenvalue weighted by atomic mass is 9.90. The number of nitrogens with zero attached hydrogens (tertiary/aromatic N) is 2. The fourth-order valence-corrected chi connectivity index (χ4v) is 4.84. The van der Waals surface area contributed by atoms with Crippen LogP contribution in [0, 0.1) is 19.8 Å². The summed E-state index contributed by atoms with van der Waals surface area (Å²) < 4.78 is 5.61. The van der Waals surface area contributed by atoms with Gasteiger partial charge < -0.3 is 15.0 Å². The summed E-state index contributed by atoms with van der Waals surface area (Å²) in [6.45, 7) is 14.4. The first-order valence-electron chi connectivity index (χ1n) is 11.1. The molecule has 0 aliphatic carbocycles. The van der Waals surface area contributed by atoms with Gasteiger partial charge in [-0.15, -0.1) is 0 Å². The molecule has 32 heavy (non-hydrogen) atoms. The van der Waals surface area contributed by atoms with Crippen LogP contribution in [-0.2, 0) is 14.3 Å². The van der Waals surface area contributed by atoms with Crippen LogP contribution in [-0.4, -0.2) is 34.6 Å². The van der Waals surface area contributed by atoms with Crippen molar-refractivity contribution in [3.05, 3.63) is 57.3 Å². The van der Waals surface area contributed by atoms with E-state index in [0.29, 0.717) is 23.7 Å². The molecule has 7 heteroatoms. The number of rotatable bonds is 7. The summed E-state index contributed by atoms with van der Waals surface area (Å²) in [5.41, 5.74) is 5.25.